The van der Waals surface area contributed by atoms with Crippen molar-refractivity contribution < 1.29 is 63.8 Å². The number of hydrogen-bond acceptors (Lipinski definition) is 18. The van der Waals surface area contributed by atoms with Gasteiger partial charge in [-0.2, -0.15) is 0 Å². The van der Waals surface area contributed by atoms with Crippen molar-refractivity contribution in [2.24, 2.45) is 0 Å². The van der Waals surface area contributed by atoms with Crippen molar-refractivity contribution in [3.63, 3.8) is 0 Å². The molecule has 0 bridgehead atoms. The van der Waals surface area contributed by atoms with Crippen LogP contribution in [0.2, 0.25) is 0 Å². The maximum absolute atomic E-state index is 15.9. The number of ether oxygens (including phenoxy) is 4. The number of morpholine rings is 2. The summed E-state index contributed by atoms with van der Waals surface area (Å²) < 4.78 is 108. The summed E-state index contributed by atoms with van der Waals surface area (Å²) in [4.78, 5) is 82.8. The van der Waals surface area contributed by atoms with E-state index in [0.717, 1.165) is 44.1 Å². The lowest BCUT2D eigenvalue weighted by Crippen LogP contribution is -2.66. The first-order valence-corrected chi connectivity index (χ1v) is 30.0. The molecule has 10 aromatic rings. The SMILES string of the molecule is Cc1oc(=O)oc1COc1c2n(ccc1=O)N(C1c3ccccc3-c3sccc3-c3c1ccc(F)c3F)C1COCCN1C2=O.Cc1oc(=O)oc1COc1c2n(ccc1=O)N([C@@H]1c3ccccc3-c3sccc3-c3c1ccc(F)c3F)[C@@H]1COCCN1C2=O. The number of hydrogen-bond donors (Lipinski definition) is 0. The van der Waals surface area contributed by atoms with E-state index in [0.29, 0.717) is 22.3 Å². The molecular weight excluding hydrogens is 1220 g/mol. The molecule has 2 saturated heterocycles. The maximum atomic E-state index is 15.9. The van der Waals surface area contributed by atoms with Gasteiger partial charge in [-0.15, -0.1) is 22.7 Å². The minimum absolute atomic E-state index is 0.0650. The summed E-state index contributed by atoms with van der Waals surface area (Å²) >= 11 is 2.85. The lowest BCUT2D eigenvalue weighted by atomic mass is 9.92. The Balaban J connectivity index is 0.000000150. The van der Waals surface area contributed by atoms with E-state index in [2.05, 4.69) is 0 Å². The van der Waals surface area contributed by atoms with Gasteiger partial charge >= 0.3 is 11.6 Å². The van der Waals surface area contributed by atoms with Crippen molar-refractivity contribution in [3.8, 4) is 54.6 Å². The molecule has 0 N–H and O–H groups in total. The molecule has 10 heterocycles. The Labute approximate surface area is 512 Å². The quantitative estimate of drug-likeness (QED) is 0.129. The van der Waals surface area contributed by atoms with Gasteiger partial charge in [0.25, 0.3) is 11.8 Å². The minimum Gasteiger partial charge on any atom is -0.479 e. The van der Waals surface area contributed by atoms with Crippen LogP contribution in [0.25, 0.3) is 43.1 Å². The lowest BCUT2D eigenvalue weighted by Gasteiger charge is -2.51. The summed E-state index contributed by atoms with van der Waals surface area (Å²) in [6.07, 6.45) is 1.58. The number of aryl methyl sites for hydroxylation is 2. The molecule has 6 aliphatic rings. The molecule has 0 radical (unpaired) electrons. The van der Waals surface area contributed by atoms with Crippen LogP contribution in [-0.4, -0.2) is 82.8 Å². The van der Waals surface area contributed by atoms with Gasteiger partial charge in [0, 0.05) is 69.6 Å². The number of carbonyl (C=O) groups excluding carboxylic acids is 2. The van der Waals surface area contributed by atoms with E-state index < -0.39 is 82.0 Å². The first-order chi connectivity index (χ1) is 43.7. The third kappa shape index (κ3) is 8.89. The summed E-state index contributed by atoms with van der Waals surface area (Å²) in [5.74, 6) is -6.69. The number of benzene rings is 4. The number of rotatable bonds is 8. The second-order valence-corrected chi connectivity index (χ2v) is 23.5. The van der Waals surface area contributed by atoms with Crippen LogP contribution in [0.1, 0.15) is 78.4 Å². The summed E-state index contributed by atoms with van der Waals surface area (Å²) in [6.45, 7) is 3.53. The van der Waals surface area contributed by atoms with E-state index >= 15 is 8.78 Å². The average molecular weight is 1260 g/mol. The predicted octanol–water partition coefficient (Wildman–Crippen LogP) is 9.62. The minimum atomic E-state index is -0.979. The molecule has 90 heavy (non-hydrogen) atoms. The van der Waals surface area contributed by atoms with Crippen LogP contribution < -0.4 is 42.0 Å². The second kappa shape index (κ2) is 21.9. The van der Waals surface area contributed by atoms with Gasteiger partial charge in [0.05, 0.1) is 38.5 Å². The molecule has 2 unspecified atom stereocenters. The smallest absolute Gasteiger partial charge is 0.479 e. The molecule has 6 aromatic heterocycles. The lowest BCUT2D eigenvalue weighted by molar-refractivity contribution is -0.0199. The van der Waals surface area contributed by atoms with E-state index in [4.69, 9.17) is 36.6 Å². The van der Waals surface area contributed by atoms with Crippen LogP contribution in [0.4, 0.5) is 17.6 Å². The molecule has 4 aromatic carbocycles. The zero-order valence-electron chi connectivity index (χ0n) is 47.2. The van der Waals surface area contributed by atoms with Gasteiger partial charge in [0.2, 0.25) is 10.9 Å². The molecule has 2 aliphatic carbocycles. The fourth-order valence-electron chi connectivity index (χ4n) is 13.0. The molecule has 0 spiro atoms. The highest BCUT2D eigenvalue weighted by Gasteiger charge is 2.49. The van der Waals surface area contributed by atoms with Gasteiger partial charge in [0.1, 0.15) is 25.5 Å². The third-order valence-electron chi connectivity index (χ3n) is 16.9. The summed E-state index contributed by atoms with van der Waals surface area (Å²) in [5, 5.41) is 7.41. The van der Waals surface area contributed by atoms with Gasteiger partial charge < -0.3 is 46.4 Å². The van der Waals surface area contributed by atoms with Gasteiger partial charge in [-0.3, -0.25) is 38.5 Å². The molecule has 2 fully saturated rings. The molecule has 4 atom stereocenters. The Bertz CT molecular complexity index is 4570. The largest absolute Gasteiger partial charge is 0.519 e. The number of nitrogens with zero attached hydrogens (tertiary/aromatic N) is 6. The van der Waals surface area contributed by atoms with Crippen LogP contribution in [0, 0.1) is 37.1 Å². The number of pyridine rings is 2. The summed E-state index contributed by atoms with van der Waals surface area (Å²) in [5.41, 5.74) is 4.28. The van der Waals surface area contributed by atoms with Gasteiger partial charge in [-0.25, -0.2) is 27.2 Å². The van der Waals surface area contributed by atoms with Crippen molar-refractivity contribution in [1.29, 1.82) is 0 Å². The molecule has 4 aliphatic heterocycles. The van der Waals surface area contributed by atoms with Crippen LogP contribution in [0.5, 0.6) is 11.5 Å². The molecule has 2 amide bonds. The molecule has 20 nitrogen and oxygen atoms in total. The maximum Gasteiger partial charge on any atom is 0.519 e. The molecule has 26 heteroatoms. The fraction of sp³-hybridized carbons (Fsp3) is 0.219. The Morgan fingerprint density at radius 1 is 0.500 bits per heavy atom. The van der Waals surface area contributed by atoms with Gasteiger partial charge in [-0.05, 0) is 82.3 Å². The van der Waals surface area contributed by atoms with Crippen LogP contribution in [-0.2, 0) is 22.7 Å². The van der Waals surface area contributed by atoms with Crippen molar-refractivity contribution in [3.05, 3.63) is 242 Å². The van der Waals surface area contributed by atoms with E-state index in [1.807, 2.05) is 69.3 Å². The van der Waals surface area contributed by atoms with Crippen LogP contribution in [0.3, 0.4) is 0 Å². The van der Waals surface area contributed by atoms with E-state index in [1.165, 1.54) is 61.0 Å². The van der Waals surface area contributed by atoms with E-state index in [1.54, 1.807) is 43.4 Å². The highest BCUT2D eigenvalue weighted by Crippen LogP contribution is 2.53. The number of amides is 2. The normalized spacial score (nSPS) is 18.4. The van der Waals surface area contributed by atoms with E-state index in [-0.39, 0.29) is 110 Å². The van der Waals surface area contributed by atoms with Gasteiger partial charge in [0.15, 0.2) is 69.2 Å². The number of thiophene rings is 2. The molecular formula is C64H46F4N6O14S2. The Kier molecular flexibility index (Phi) is 13.8. The number of halogens is 4. The Hall–Kier alpha value is -10.0. The van der Waals surface area contributed by atoms with Gasteiger partial charge in [-0.1, -0.05) is 60.7 Å². The Morgan fingerprint density at radius 3 is 1.33 bits per heavy atom. The van der Waals surface area contributed by atoms with Crippen molar-refractivity contribution in [2.45, 2.75) is 51.5 Å². The summed E-state index contributed by atoms with van der Waals surface area (Å²) in [7, 11) is 0. The fourth-order valence-corrected chi connectivity index (χ4v) is 14.9. The number of fused-ring (bicyclic) bond motifs is 14. The van der Waals surface area contributed by atoms with E-state index in [9.17, 15) is 37.5 Å². The number of aromatic nitrogens is 2. The predicted molar refractivity (Wildman–Crippen MR) is 316 cm³/mol. The monoisotopic (exact) mass is 1260 g/mol. The van der Waals surface area contributed by atoms with Crippen molar-refractivity contribution in [1.82, 2.24) is 19.2 Å². The summed E-state index contributed by atoms with van der Waals surface area (Å²) in [6, 6.07) is 25.1. The molecule has 456 valence electrons. The first kappa shape index (κ1) is 56.5. The van der Waals surface area contributed by atoms with Crippen LogP contribution >= 0.6 is 22.7 Å². The standard InChI is InChI=1S/2C32H23F2N3O7S/c2*1-16-23(44-32(40)43-16)14-42-29-22(38)8-10-36-28(29)31(39)35-11-12-41-15-24(35)37(36)27-17-4-2-3-5-18(17)30-20(9-13-45-30)25-19(27)6-7-21(33)26(25)34/h2*2-10,13,24,27H,11-12,14-15H2,1H3/t24-,27-;/m1./s1. The highest BCUT2D eigenvalue weighted by molar-refractivity contribution is 7.14. The zero-order chi connectivity index (χ0) is 62.0. The Morgan fingerprint density at radius 2 is 0.922 bits per heavy atom. The number of carbonyl (C=O) groups is 2. The van der Waals surface area contributed by atoms with Crippen molar-refractivity contribution >= 4 is 34.5 Å². The highest BCUT2D eigenvalue weighted by atomic mass is 32.1. The average Bonchev–Trinajstić information content (AvgIpc) is 1.22. The van der Waals surface area contributed by atoms with Crippen molar-refractivity contribution in [2.75, 3.05) is 49.5 Å². The second-order valence-electron chi connectivity index (χ2n) is 21.7. The third-order valence-corrected chi connectivity index (χ3v) is 18.8. The van der Waals surface area contributed by atoms with Crippen LogP contribution in [0.15, 0.2) is 157 Å². The first-order valence-electron chi connectivity index (χ1n) is 28.3. The zero-order valence-corrected chi connectivity index (χ0v) is 48.9. The molecule has 16 rings (SSSR count). The molecule has 0 saturated carbocycles. The topological polar surface area (TPSA) is 215 Å².